The molecule has 0 saturated heterocycles. The van der Waals surface area contributed by atoms with Crippen LogP contribution in [0.4, 0.5) is 5.69 Å². The van der Waals surface area contributed by atoms with E-state index in [-0.39, 0.29) is 18.4 Å². The van der Waals surface area contributed by atoms with Crippen LogP contribution in [0.15, 0.2) is 36.5 Å². The van der Waals surface area contributed by atoms with Gasteiger partial charge in [-0.25, -0.2) is 0 Å². The number of amides is 2. The average molecular weight is 312 g/mol. The number of fused-ring (bicyclic) bond motifs is 1. The van der Waals surface area contributed by atoms with Crippen LogP contribution in [-0.4, -0.2) is 28.1 Å². The highest BCUT2D eigenvalue weighted by atomic mass is 16.2. The maximum Gasteiger partial charge on any atom is 0.240 e. The monoisotopic (exact) mass is 312 g/mol. The summed E-state index contributed by atoms with van der Waals surface area (Å²) in [5.74, 6) is -0.177. The molecule has 2 amide bonds. The zero-order valence-electron chi connectivity index (χ0n) is 13.2. The summed E-state index contributed by atoms with van der Waals surface area (Å²) in [6.45, 7) is 0.409. The largest absolute Gasteiger partial charge is 0.349 e. The number of hydrogen-bond acceptors (Lipinski definition) is 3. The van der Waals surface area contributed by atoms with Gasteiger partial charge in [-0.1, -0.05) is 18.2 Å². The third-order valence-electron chi connectivity index (χ3n) is 3.96. The van der Waals surface area contributed by atoms with Crippen LogP contribution in [0, 0.1) is 0 Å². The number of anilines is 1. The lowest BCUT2D eigenvalue weighted by molar-refractivity contribution is -0.123. The van der Waals surface area contributed by atoms with Gasteiger partial charge in [-0.3, -0.25) is 14.3 Å². The number of carbonyl (C=O) groups excluding carboxylic acids is 2. The highest BCUT2D eigenvalue weighted by molar-refractivity contribution is 5.99. The fraction of sp³-hybridized carbons (Fsp3) is 0.353. The maximum atomic E-state index is 12.3. The van der Waals surface area contributed by atoms with E-state index < -0.39 is 0 Å². The number of hydrogen-bond donors (Lipinski definition) is 1. The Morgan fingerprint density at radius 3 is 2.87 bits per heavy atom. The van der Waals surface area contributed by atoms with E-state index >= 15 is 0 Å². The number of aryl methyl sites for hydroxylation is 2. The molecule has 0 radical (unpaired) electrons. The number of nitrogens with zero attached hydrogens (tertiary/aromatic N) is 3. The van der Waals surface area contributed by atoms with E-state index in [0.29, 0.717) is 13.0 Å². The van der Waals surface area contributed by atoms with Crippen LogP contribution >= 0.6 is 0 Å². The van der Waals surface area contributed by atoms with Gasteiger partial charge in [-0.15, -0.1) is 0 Å². The van der Waals surface area contributed by atoms with Crippen molar-refractivity contribution in [1.29, 1.82) is 0 Å². The predicted molar refractivity (Wildman–Crippen MR) is 86.8 cm³/mol. The van der Waals surface area contributed by atoms with Crippen molar-refractivity contribution in [2.24, 2.45) is 7.05 Å². The molecule has 0 spiro atoms. The number of nitrogens with one attached hydrogen (secondary N) is 1. The van der Waals surface area contributed by atoms with Gasteiger partial charge in [0.05, 0.1) is 12.2 Å². The minimum atomic E-state index is -0.180. The fourth-order valence-electron chi connectivity index (χ4n) is 2.80. The lowest BCUT2D eigenvalue weighted by atomic mass is 10.1. The summed E-state index contributed by atoms with van der Waals surface area (Å²) in [5, 5.41) is 7.04. The molecule has 1 N–H and O–H groups in total. The molecular weight excluding hydrogens is 292 g/mol. The molecule has 0 fully saturated rings. The quantitative estimate of drug-likeness (QED) is 0.928. The van der Waals surface area contributed by atoms with Crippen LogP contribution in [0.5, 0.6) is 0 Å². The van der Waals surface area contributed by atoms with Crippen LogP contribution in [0.3, 0.4) is 0 Å². The van der Waals surface area contributed by atoms with Crippen molar-refractivity contribution in [3.05, 3.63) is 47.8 Å². The average Bonchev–Trinajstić information content (AvgIpc) is 2.89. The topological polar surface area (TPSA) is 67.2 Å². The summed E-state index contributed by atoms with van der Waals surface area (Å²) >= 11 is 0. The molecule has 0 atom stereocenters. The second kappa shape index (κ2) is 6.64. The van der Waals surface area contributed by atoms with E-state index in [4.69, 9.17) is 0 Å². The van der Waals surface area contributed by atoms with E-state index in [1.54, 1.807) is 9.58 Å². The number of rotatable bonds is 4. The van der Waals surface area contributed by atoms with Crippen molar-refractivity contribution in [3.63, 3.8) is 0 Å². The Balaban J connectivity index is 1.68. The van der Waals surface area contributed by atoms with Crippen molar-refractivity contribution in [3.8, 4) is 0 Å². The van der Waals surface area contributed by atoms with Crippen molar-refractivity contribution < 1.29 is 9.59 Å². The van der Waals surface area contributed by atoms with Crippen LogP contribution in [0.1, 0.15) is 24.1 Å². The van der Waals surface area contributed by atoms with Gasteiger partial charge in [0.15, 0.2) is 0 Å². The summed E-state index contributed by atoms with van der Waals surface area (Å²) in [5.41, 5.74) is 2.77. The highest BCUT2D eigenvalue weighted by Gasteiger charge is 2.23. The van der Waals surface area contributed by atoms with Gasteiger partial charge in [0.1, 0.15) is 6.54 Å². The van der Waals surface area contributed by atoms with Crippen LogP contribution < -0.4 is 10.2 Å². The molecule has 120 valence electrons. The smallest absolute Gasteiger partial charge is 0.240 e. The van der Waals surface area contributed by atoms with Gasteiger partial charge in [0.25, 0.3) is 0 Å². The summed E-state index contributed by atoms with van der Waals surface area (Å²) < 4.78 is 1.69. The minimum absolute atomic E-state index is 0.00272. The summed E-state index contributed by atoms with van der Waals surface area (Å²) in [4.78, 5) is 26.1. The fourth-order valence-corrected chi connectivity index (χ4v) is 2.80. The molecule has 23 heavy (non-hydrogen) atoms. The Morgan fingerprint density at radius 2 is 2.09 bits per heavy atom. The molecule has 1 aromatic heterocycles. The van der Waals surface area contributed by atoms with Crippen LogP contribution in [-0.2, 0) is 29.6 Å². The third kappa shape index (κ3) is 3.59. The molecule has 1 aromatic carbocycles. The van der Waals surface area contributed by atoms with Gasteiger partial charge < -0.3 is 10.2 Å². The standard InChI is InChI=1S/C17H20N4O2/c1-20-10-9-14(19-20)11-18-16(22)12-21-15-7-3-2-5-13(15)6-4-8-17(21)23/h2-3,5,7,9-10H,4,6,8,11-12H2,1H3,(H,18,22). The van der Waals surface area contributed by atoms with Crippen molar-refractivity contribution >= 4 is 17.5 Å². The van der Waals surface area contributed by atoms with Crippen LogP contribution in [0.25, 0.3) is 0 Å². The van der Waals surface area contributed by atoms with E-state index in [9.17, 15) is 9.59 Å². The van der Waals surface area contributed by atoms with E-state index in [1.807, 2.05) is 43.6 Å². The zero-order chi connectivity index (χ0) is 16.2. The first kappa shape index (κ1) is 15.3. The van der Waals surface area contributed by atoms with Gasteiger partial charge in [-0.05, 0) is 30.5 Å². The molecule has 6 nitrogen and oxygen atoms in total. The van der Waals surface area contributed by atoms with Gasteiger partial charge in [-0.2, -0.15) is 5.10 Å². The number of para-hydroxylation sites is 1. The molecule has 0 aliphatic carbocycles. The highest BCUT2D eigenvalue weighted by Crippen LogP contribution is 2.26. The molecular formula is C17H20N4O2. The molecule has 2 aromatic rings. The molecule has 0 bridgehead atoms. The van der Waals surface area contributed by atoms with Gasteiger partial charge in [0, 0.05) is 25.4 Å². The maximum absolute atomic E-state index is 12.3. The lowest BCUT2D eigenvalue weighted by Crippen LogP contribution is -2.40. The molecule has 0 unspecified atom stereocenters. The predicted octanol–water partition coefficient (Wildman–Crippen LogP) is 1.41. The van der Waals surface area contributed by atoms with E-state index in [2.05, 4.69) is 10.4 Å². The van der Waals surface area contributed by atoms with Crippen LogP contribution in [0.2, 0.25) is 0 Å². The van der Waals surface area contributed by atoms with Gasteiger partial charge in [0.2, 0.25) is 11.8 Å². The first-order valence-corrected chi connectivity index (χ1v) is 7.77. The molecule has 3 rings (SSSR count). The molecule has 6 heteroatoms. The summed E-state index contributed by atoms with van der Waals surface area (Å²) in [6.07, 6.45) is 3.99. The minimum Gasteiger partial charge on any atom is -0.349 e. The third-order valence-corrected chi connectivity index (χ3v) is 3.96. The molecule has 2 heterocycles. The van der Waals surface area contributed by atoms with Gasteiger partial charge >= 0.3 is 0 Å². The Hall–Kier alpha value is -2.63. The number of carbonyl (C=O) groups is 2. The van der Waals surface area contributed by atoms with Crippen molar-refractivity contribution in [2.75, 3.05) is 11.4 Å². The molecule has 1 aliphatic heterocycles. The normalized spacial score (nSPS) is 14.3. The van der Waals surface area contributed by atoms with E-state index in [1.165, 1.54) is 0 Å². The van der Waals surface area contributed by atoms with Crippen molar-refractivity contribution in [1.82, 2.24) is 15.1 Å². The lowest BCUT2D eigenvalue weighted by Gasteiger charge is -2.22. The zero-order valence-corrected chi connectivity index (χ0v) is 13.2. The Morgan fingerprint density at radius 1 is 1.26 bits per heavy atom. The SMILES string of the molecule is Cn1ccc(CNC(=O)CN2C(=O)CCCc3ccccc32)n1. The Kier molecular flexibility index (Phi) is 4.41. The Labute approximate surface area is 135 Å². The summed E-state index contributed by atoms with van der Waals surface area (Å²) in [7, 11) is 1.83. The number of aromatic nitrogens is 2. The number of benzene rings is 1. The molecule has 0 saturated carbocycles. The first-order valence-electron chi connectivity index (χ1n) is 7.77. The van der Waals surface area contributed by atoms with E-state index in [0.717, 1.165) is 29.8 Å². The first-order chi connectivity index (χ1) is 11.1. The summed E-state index contributed by atoms with van der Waals surface area (Å²) in [6, 6.07) is 9.65. The Bertz CT molecular complexity index is 723. The molecule has 1 aliphatic rings. The second-order valence-corrected chi connectivity index (χ2v) is 5.72. The second-order valence-electron chi connectivity index (χ2n) is 5.72. The van der Waals surface area contributed by atoms with Crippen molar-refractivity contribution in [2.45, 2.75) is 25.8 Å².